The van der Waals surface area contributed by atoms with E-state index in [1.807, 2.05) is 6.08 Å². The summed E-state index contributed by atoms with van der Waals surface area (Å²) in [5.74, 6) is 0. The molecule has 0 bridgehead atoms. The van der Waals surface area contributed by atoms with E-state index in [-0.39, 0.29) is 0 Å². The van der Waals surface area contributed by atoms with Crippen molar-refractivity contribution in [1.82, 2.24) is 0 Å². The zero-order valence-electron chi connectivity index (χ0n) is 11.0. The van der Waals surface area contributed by atoms with Gasteiger partial charge in [0.15, 0.2) is 0 Å². The molecule has 0 aromatic heterocycles. The van der Waals surface area contributed by atoms with Gasteiger partial charge in [0.25, 0.3) is 0 Å². The minimum Gasteiger partial charge on any atom is -0.377 e. The predicted octanol–water partition coefficient (Wildman–Crippen LogP) is 3.39. The molecule has 0 atom stereocenters. The van der Waals surface area contributed by atoms with E-state index in [2.05, 4.69) is 20.4 Å². The highest BCUT2D eigenvalue weighted by atomic mass is 28.4. The van der Waals surface area contributed by atoms with Crippen LogP contribution in [0.1, 0.15) is 39.5 Å². The van der Waals surface area contributed by atoms with Gasteiger partial charge in [-0.15, -0.1) is 6.58 Å². The van der Waals surface area contributed by atoms with Gasteiger partial charge in [-0.25, -0.2) is 0 Å². The third-order valence-corrected chi connectivity index (χ3v) is 5.04. The van der Waals surface area contributed by atoms with E-state index in [1.54, 1.807) is 7.11 Å². The lowest BCUT2D eigenvalue weighted by Crippen LogP contribution is -2.44. The highest BCUT2D eigenvalue weighted by Crippen LogP contribution is 2.16. The van der Waals surface area contributed by atoms with Crippen LogP contribution in [-0.4, -0.2) is 29.1 Å². The van der Waals surface area contributed by atoms with Crippen molar-refractivity contribution in [2.45, 2.75) is 45.6 Å². The monoisotopic (exact) mass is 246 g/mol. The molecule has 0 saturated heterocycles. The minimum absolute atomic E-state index is 0.691. The van der Waals surface area contributed by atoms with Crippen LogP contribution in [0.3, 0.4) is 0 Å². The lowest BCUT2D eigenvalue weighted by Gasteiger charge is -2.27. The van der Waals surface area contributed by atoms with E-state index in [4.69, 9.17) is 13.3 Å². The SMILES string of the molecule is C=CC[Si](OC)(OCCCC)OCCCC. The van der Waals surface area contributed by atoms with Gasteiger partial charge in [0.05, 0.1) is 0 Å². The topological polar surface area (TPSA) is 27.7 Å². The molecule has 3 nitrogen and oxygen atoms in total. The molecule has 0 radical (unpaired) electrons. The Morgan fingerprint density at radius 3 is 1.88 bits per heavy atom. The molecule has 0 aliphatic carbocycles. The molecule has 96 valence electrons. The molecule has 0 fully saturated rings. The zero-order chi connectivity index (χ0) is 12.3. The van der Waals surface area contributed by atoms with Crippen LogP contribution in [-0.2, 0) is 13.3 Å². The van der Waals surface area contributed by atoms with Crippen LogP contribution in [0.15, 0.2) is 12.7 Å². The smallest absolute Gasteiger partial charge is 0.377 e. The molecule has 0 aliphatic heterocycles. The number of rotatable bonds is 11. The van der Waals surface area contributed by atoms with Crippen LogP contribution in [0.5, 0.6) is 0 Å². The summed E-state index contributed by atoms with van der Waals surface area (Å²) in [5, 5.41) is 0. The van der Waals surface area contributed by atoms with Crippen molar-refractivity contribution in [3.8, 4) is 0 Å². The van der Waals surface area contributed by atoms with Gasteiger partial charge < -0.3 is 13.3 Å². The van der Waals surface area contributed by atoms with Crippen molar-refractivity contribution in [2.75, 3.05) is 20.3 Å². The van der Waals surface area contributed by atoms with Crippen molar-refractivity contribution in [3.05, 3.63) is 12.7 Å². The second-order valence-electron chi connectivity index (χ2n) is 3.78. The van der Waals surface area contributed by atoms with Gasteiger partial charge in [-0.3, -0.25) is 0 Å². The summed E-state index contributed by atoms with van der Waals surface area (Å²) < 4.78 is 17.2. The Bertz CT molecular complexity index is 164. The van der Waals surface area contributed by atoms with Crippen LogP contribution in [0, 0.1) is 0 Å². The first-order chi connectivity index (χ1) is 7.74. The number of hydrogen-bond donors (Lipinski definition) is 0. The van der Waals surface area contributed by atoms with Crippen LogP contribution in [0.4, 0.5) is 0 Å². The first-order valence-electron chi connectivity index (χ1n) is 6.18. The Morgan fingerprint density at radius 2 is 1.56 bits per heavy atom. The molecule has 0 aliphatic rings. The van der Waals surface area contributed by atoms with E-state index in [9.17, 15) is 0 Å². The lowest BCUT2D eigenvalue weighted by molar-refractivity contribution is 0.0780. The van der Waals surface area contributed by atoms with Gasteiger partial charge in [-0.05, 0) is 12.8 Å². The predicted molar refractivity (Wildman–Crippen MR) is 69.5 cm³/mol. The normalized spacial score (nSPS) is 11.7. The fourth-order valence-corrected chi connectivity index (χ4v) is 3.27. The Labute approximate surface area is 101 Å². The highest BCUT2D eigenvalue weighted by Gasteiger charge is 2.38. The van der Waals surface area contributed by atoms with Crippen LogP contribution < -0.4 is 0 Å². The van der Waals surface area contributed by atoms with E-state index in [1.165, 1.54) is 0 Å². The van der Waals surface area contributed by atoms with Crippen molar-refractivity contribution in [2.24, 2.45) is 0 Å². The average Bonchev–Trinajstić information content (AvgIpc) is 2.29. The second kappa shape index (κ2) is 10.0. The van der Waals surface area contributed by atoms with Gasteiger partial charge in [0.2, 0.25) is 0 Å². The Kier molecular flexibility index (Phi) is 9.92. The van der Waals surface area contributed by atoms with Crippen LogP contribution >= 0.6 is 0 Å². The Balaban J connectivity index is 4.14. The fourth-order valence-electron chi connectivity index (χ4n) is 1.28. The molecular formula is C12H26O3Si. The maximum absolute atomic E-state index is 5.83. The molecule has 0 amide bonds. The van der Waals surface area contributed by atoms with Crippen molar-refractivity contribution in [1.29, 1.82) is 0 Å². The molecule has 0 N–H and O–H groups in total. The van der Waals surface area contributed by atoms with Crippen LogP contribution in [0.25, 0.3) is 0 Å². The summed E-state index contributed by atoms with van der Waals surface area (Å²) in [5.41, 5.74) is 0. The summed E-state index contributed by atoms with van der Waals surface area (Å²) in [6, 6.07) is 0.691. The van der Waals surface area contributed by atoms with Crippen LogP contribution in [0.2, 0.25) is 6.04 Å². The molecule has 0 unspecified atom stereocenters. The summed E-state index contributed by atoms with van der Waals surface area (Å²) >= 11 is 0. The lowest BCUT2D eigenvalue weighted by atomic mass is 10.4. The molecule has 0 aromatic rings. The molecule has 16 heavy (non-hydrogen) atoms. The third kappa shape index (κ3) is 6.43. The van der Waals surface area contributed by atoms with Crippen molar-refractivity contribution >= 4 is 8.80 Å². The molecule has 0 rings (SSSR count). The fraction of sp³-hybridized carbons (Fsp3) is 0.833. The van der Waals surface area contributed by atoms with Gasteiger partial charge >= 0.3 is 8.80 Å². The van der Waals surface area contributed by atoms with Gasteiger partial charge in [0.1, 0.15) is 0 Å². The highest BCUT2D eigenvalue weighted by molar-refractivity contribution is 6.61. The van der Waals surface area contributed by atoms with E-state index < -0.39 is 8.80 Å². The summed E-state index contributed by atoms with van der Waals surface area (Å²) in [7, 11) is -0.788. The maximum Gasteiger partial charge on any atom is 0.504 e. The standard InChI is InChI=1S/C12H26O3Si/c1-5-8-10-14-16(13-4,12-7-3)15-11-9-6-2/h7H,3,5-6,8-12H2,1-2,4H3. The van der Waals surface area contributed by atoms with E-state index in [0.29, 0.717) is 6.04 Å². The second-order valence-corrected chi connectivity index (χ2v) is 6.54. The average molecular weight is 246 g/mol. The van der Waals surface area contributed by atoms with Crippen molar-refractivity contribution < 1.29 is 13.3 Å². The van der Waals surface area contributed by atoms with Gasteiger partial charge in [0, 0.05) is 26.4 Å². The minimum atomic E-state index is -2.46. The third-order valence-electron chi connectivity index (χ3n) is 2.35. The molecule has 0 aromatic carbocycles. The first-order valence-corrected chi connectivity index (χ1v) is 8.11. The Morgan fingerprint density at radius 1 is 1.06 bits per heavy atom. The summed E-state index contributed by atoms with van der Waals surface area (Å²) in [6.07, 6.45) is 6.17. The molecule has 0 spiro atoms. The molecule has 0 saturated carbocycles. The van der Waals surface area contributed by atoms with E-state index >= 15 is 0 Å². The maximum atomic E-state index is 5.83. The Hall–Kier alpha value is -0.163. The quantitative estimate of drug-likeness (QED) is 0.318. The summed E-state index contributed by atoms with van der Waals surface area (Å²) in [6.45, 7) is 9.47. The number of hydrogen-bond acceptors (Lipinski definition) is 3. The largest absolute Gasteiger partial charge is 0.504 e. The molecule has 4 heteroatoms. The van der Waals surface area contributed by atoms with Gasteiger partial charge in [-0.2, -0.15) is 0 Å². The van der Waals surface area contributed by atoms with Gasteiger partial charge in [-0.1, -0.05) is 32.8 Å². The summed E-state index contributed by atoms with van der Waals surface area (Å²) in [4.78, 5) is 0. The molecule has 0 heterocycles. The van der Waals surface area contributed by atoms with E-state index in [0.717, 1.165) is 38.9 Å². The van der Waals surface area contributed by atoms with Crippen molar-refractivity contribution in [3.63, 3.8) is 0 Å². The first kappa shape index (κ1) is 15.8. The number of unbranched alkanes of at least 4 members (excludes halogenated alkanes) is 2. The zero-order valence-corrected chi connectivity index (χ0v) is 12.0. The molecular weight excluding hydrogens is 220 g/mol. The number of allylic oxidation sites excluding steroid dienone is 1.